The number of imidazole rings is 1. The van der Waals surface area contributed by atoms with E-state index in [0.29, 0.717) is 6.54 Å². The van der Waals surface area contributed by atoms with Crippen molar-refractivity contribution in [3.05, 3.63) is 17.3 Å². The predicted octanol–water partition coefficient (Wildman–Crippen LogP) is 0.359. The van der Waals surface area contributed by atoms with Gasteiger partial charge in [-0.15, -0.1) is 11.3 Å². The highest BCUT2D eigenvalue weighted by Crippen LogP contribution is 2.25. The zero-order valence-electron chi connectivity index (χ0n) is 11.5. The average Bonchev–Trinajstić information content (AvgIpc) is 2.94. The quantitative estimate of drug-likeness (QED) is 0.852. The standard InChI is InChI=1S/C13H21N5OS/c14-10-11-12(15-13-18(11)7-9-20-13)17-3-1-2-16(4-5-17)6-8-19/h7,9,19H,1-6,8,10,14H2. The molecule has 20 heavy (non-hydrogen) atoms. The SMILES string of the molecule is NCc1c(N2CCCN(CCO)CC2)nc2sccn12. The normalized spacial score (nSPS) is 17.8. The third-order valence-electron chi connectivity index (χ3n) is 3.84. The highest BCUT2D eigenvalue weighted by atomic mass is 32.1. The van der Waals surface area contributed by atoms with E-state index in [1.54, 1.807) is 11.3 Å². The molecule has 7 heteroatoms. The van der Waals surface area contributed by atoms with E-state index in [2.05, 4.69) is 14.2 Å². The largest absolute Gasteiger partial charge is 0.395 e. The molecule has 0 aromatic carbocycles. The number of rotatable bonds is 4. The van der Waals surface area contributed by atoms with Crippen LogP contribution in [0.25, 0.3) is 4.96 Å². The second kappa shape index (κ2) is 6.09. The first-order valence-corrected chi connectivity index (χ1v) is 7.94. The highest BCUT2D eigenvalue weighted by molar-refractivity contribution is 7.15. The summed E-state index contributed by atoms with van der Waals surface area (Å²) < 4.78 is 2.09. The summed E-state index contributed by atoms with van der Waals surface area (Å²) in [6.45, 7) is 5.44. The Morgan fingerprint density at radius 1 is 1.30 bits per heavy atom. The first-order chi connectivity index (χ1) is 9.83. The lowest BCUT2D eigenvalue weighted by Gasteiger charge is -2.22. The molecule has 2 aromatic heterocycles. The Morgan fingerprint density at radius 3 is 3.00 bits per heavy atom. The minimum Gasteiger partial charge on any atom is -0.395 e. The van der Waals surface area contributed by atoms with Gasteiger partial charge in [-0.05, 0) is 13.0 Å². The van der Waals surface area contributed by atoms with Crippen molar-refractivity contribution in [3.8, 4) is 0 Å². The van der Waals surface area contributed by atoms with E-state index in [1.807, 2.05) is 11.6 Å². The number of thiazole rings is 1. The van der Waals surface area contributed by atoms with Crippen LogP contribution in [0.1, 0.15) is 12.1 Å². The van der Waals surface area contributed by atoms with Crippen molar-refractivity contribution >= 4 is 22.1 Å². The van der Waals surface area contributed by atoms with Gasteiger partial charge >= 0.3 is 0 Å². The molecule has 0 radical (unpaired) electrons. The molecule has 1 aliphatic rings. The molecule has 1 saturated heterocycles. The summed E-state index contributed by atoms with van der Waals surface area (Å²) in [5, 5.41) is 11.1. The fourth-order valence-corrected chi connectivity index (χ4v) is 3.54. The molecule has 1 aliphatic heterocycles. The molecule has 0 atom stereocenters. The third-order valence-corrected chi connectivity index (χ3v) is 4.59. The number of aromatic nitrogens is 2. The summed E-state index contributed by atoms with van der Waals surface area (Å²) in [6.07, 6.45) is 3.13. The number of β-amino-alcohol motifs (C(OH)–C–C–N with tert-alkyl or cyclic N) is 1. The number of nitrogens with two attached hydrogens (primary N) is 1. The smallest absolute Gasteiger partial charge is 0.195 e. The highest BCUT2D eigenvalue weighted by Gasteiger charge is 2.21. The van der Waals surface area contributed by atoms with Crippen molar-refractivity contribution in [3.63, 3.8) is 0 Å². The van der Waals surface area contributed by atoms with Gasteiger partial charge in [-0.3, -0.25) is 9.30 Å². The van der Waals surface area contributed by atoms with Crippen LogP contribution in [-0.2, 0) is 6.54 Å². The number of nitrogens with zero attached hydrogens (tertiary/aromatic N) is 4. The summed E-state index contributed by atoms with van der Waals surface area (Å²) in [6, 6.07) is 0. The van der Waals surface area contributed by atoms with E-state index >= 15 is 0 Å². The molecule has 0 unspecified atom stereocenters. The topological polar surface area (TPSA) is 70.0 Å². The predicted molar refractivity (Wildman–Crippen MR) is 81.3 cm³/mol. The maximum absolute atomic E-state index is 9.06. The number of hydrogen-bond acceptors (Lipinski definition) is 6. The molecule has 2 aromatic rings. The van der Waals surface area contributed by atoms with Crippen LogP contribution in [0.15, 0.2) is 11.6 Å². The molecule has 0 saturated carbocycles. The van der Waals surface area contributed by atoms with Gasteiger partial charge in [-0.25, -0.2) is 4.98 Å². The Labute approximate surface area is 122 Å². The molecular formula is C13H21N5OS. The van der Waals surface area contributed by atoms with E-state index in [9.17, 15) is 0 Å². The molecular weight excluding hydrogens is 274 g/mol. The van der Waals surface area contributed by atoms with E-state index in [1.165, 1.54) is 0 Å². The van der Waals surface area contributed by atoms with E-state index in [-0.39, 0.29) is 6.61 Å². The van der Waals surface area contributed by atoms with Gasteiger partial charge in [-0.1, -0.05) is 0 Å². The van der Waals surface area contributed by atoms with Gasteiger partial charge in [-0.2, -0.15) is 0 Å². The molecule has 0 bridgehead atoms. The number of aliphatic hydroxyl groups excluding tert-OH is 1. The molecule has 3 N–H and O–H groups in total. The Morgan fingerprint density at radius 2 is 2.20 bits per heavy atom. The average molecular weight is 295 g/mol. The van der Waals surface area contributed by atoms with E-state index in [4.69, 9.17) is 15.8 Å². The molecule has 3 heterocycles. The van der Waals surface area contributed by atoms with Crippen LogP contribution in [-0.4, -0.2) is 58.7 Å². The second-order valence-corrected chi connectivity index (χ2v) is 5.92. The van der Waals surface area contributed by atoms with Crippen molar-refractivity contribution in [1.82, 2.24) is 14.3 Å². The maximum Gasteiger partial charge on any atom is 0.195 e. The lowest BCUT2D eigenvalue weighted by Crippen LogP contribution is -2.33. The van der Waals surface area contributed by atoms with Crippen molar-refractivity contribution < 1.29 is 5.11 Å². The van der Waals surface area contributed by atoms with Gasteiger partial charge in [0, 0.05) is 44.3 Å². The van der Waals surface area contributed by atoms with E-state index in [0.717, 1.165) is 55.6 Å². The number of anilines is 1. The van der Waals surface area contributed by atoms with Gasteiger partial charge in [0.15, 0.2) is 10.8 Å². The molecule has 3 rings (SSSR count). The molecule has 6 nitrogen and oxygen atoms in total. The van der Waals surface area contributed by atoms with Gasteiger partial charge in [0.25, 0.3) is 0 Å². The van der Waals surface area contributed by atoms with Crippen LogP contribution < -0.4 is 10.6 Å². The minimum absolute atomic E-state index is 0.230. The molecule has 0 amide bonds. The molecule has 110 valence electrons. The fraction of sp³-hybridized carbons (Fsp3) is 0.615. The van der Waals surface area contributed by atoms with Gasteiger partial charge in [0.05, 0.1) is 12.3 Å². The van der Waals surface area contributed by atoms with Crippen molar-refractivity contribution in [2.24, 2.45) is 5.73 Å². The first-order valence-electron chi connectivity index (χ1n) is 7.06. The van der Waals surface area contributed by atoms with Crippen molar-refractivity contribution in [1.29, 1.82) is 0 Å². The zero-order valence-corrected chi connectivity index (χ0v) is 12.3. The Balaban J connectivity index is 1.81. The minimum atomic E-state index is 0.230. The van der Waals surface area contributed by atoms with Gasteiger partial charge in [0.1, 0.15) is 0 Å². The number of aliphatic hydroxyl groups is 1. The molecule has 1 fully saturated rings. The number of hydrogen-bond donors (Lipinski definition) is 2. The van der Waals surface area contributed by atoms with Crippen molar-refractivity contribution in [2.45, 2.75) is 13.0 Å². The summed E-state index contributed by atoms with van der Waals surface area (Å²) >= 11 is 1.64. The number of fused-ring (bicyclic) bond motifs is 1. The first kappa shape index (κ1) is 13.8. The zero-order chi connectivity index (χ0) is 13.9. The maximum atomic E-state index is 9.06. The van der Waals surface area contributed by atoms with Crippen LogP contribution in [0.3, 0.4) is 0 Å². The van der Waals surface area contributed by atoms with Crippen LogP contribution in [0.4, 0.5) is 5.82 Å². The van der Waals surface area contributed by atoms with E-state index < -0.39 is 0 Å². The lowest BCUT2D eigenvalue weighted by molar-refractivity contribution is 0.204. The monoisotopic (exact) mass is 295 g/mol. The Bertz CT molecular complexity index is 566. The lowest BCUT2D eigenvalue weighted by atomic mass is 10.3. The van der Waals surface area contributed by atoms with Gasteiger partial charge < -0.3 is 15.7 Å². The fourth-order valence-electron chi connectivity index (χ4n) is 2.81. The second-order valence-electron chi connectivity index (χ2n) is 5.05. The van der Waals surface area contributed by atoms with Gasteiger partial charge in [0.2, 0.25) is 0 Å². The molecule has 0 aliphatic carbocycles. The molecule has 0 spiro atoms. The Kier molecular flexibility index (Phi) is 4.21. The van der Waals surface area contributed by atoms with Crippen molar-refractivity contribution in [2.75, 3.05) is 44.2 Å². The van der Waals surface area contributed by atoms with Crippen LogP contribution in [0, 0.1) is 0 Å². The van der Waals surface area contributed by atoms with Crippen LogP contribution >= 0.6 is 11.3 Å². The summed E-state index contributed by atoms with van der Waals surface area (Å²) in [5.74, 6) is 1.03. The van der Waals surface area contributed by atoms with Crippen LogP contribution in [0.2, 0.25) is 0 Å². The van der Waals surface area contributed by atoms with Crippen LogP contribution in [0.5, 0.6) is 0 Å². The summed E-state index contributed by atoms with van der Waals surface area (Å²) in [5.41, 5.74) is 7.01. The Hall–Kier alpha value is -1.15. The summed E-state index contributed by atoms with van der Waals surface area (Å²) in [7, 11) is 0. The summed E-state index contributed by atoms with van der Waals surface area (Å²) in [4.78, 5) is 10.4. The third kappa shape index (κ3) is 2.54.